The lowest BCUT2D eigenvalue weighted by atomic mass is 10.1. The van der Waals surface area contributed by atoms with E-state index < -0.39 is 0 Å². The Balaban J connectivity index is 1.99. The Hall–Kier alpha value is -0.900. The van der Waals surface area contributed by atoms with E-state index in [1.807, 2.05) is 13.0 Å². The molecule has 1 nitrogen and oxygen atoms in total. The van der Waals surface area contributed by atoms with E-state index in [2.05, 4.69) is 16.8 Å². The first kappa shape index (κ1) is 12.6. The van der Waals surface area contributed by atoms with Gasteiger partial charge in [0.15, 0.2) is 0 Å². The van der Waals surface area contributed by atoms with E-state index in [9.17, 15) is 4.39 Å². The Labute approximate surface area is 109 Å². The molecule has 1 unspecified atom stereocenters. The molecule has 1 aromatic carbocycles. The SMILES string of the molecule is CC(NCc1cccs1)c1ccc(F)c(Cl)c1. The van der Waals surface area contributed by atoms with Gasteiger partial charge < -0.3 is 5.32 Å². The van der Waals surface area contributed by atoms with Gasteiger partial charge in [-0.2, -0.15) is 0 Å². The van der Waals surface area contributed by atoms with Crippen LogP contribution in [0.3, 0.4) is 0 Å². The van der Waals surface area contributed by atoms with Gasteiger partial charge in [-0.1, -0.05) is 23.7 Å². The summed E-state index contributed by atoms with van der Waals surface area (Å²) in [5.41, 5.74) is 0.993. The van der Waals surface area contributed by atoms with Crippen molar-refractivity contribution in [2.24, 2.45) is 0 Å². The maximum atomic E-state index is 13.0. The molecule has 0 radical (unpaired) electrons. The zero-order valence-electron chi connectivity index (χ0n) is 9.41. The predicted octanol–water partition coefficient (Wildman–Crippen LogP) is 4.39. The summed E-state index contributed by atoms with van der Waals surface area (Å²) < 4.78 is 13.0. The molecule has 1 atom stereocenters. The van der Waals surface area contributed by atoms with Gasteiger partial charge >= 0.3 is 0 Å². The van der Waals surface area contributed by atoms with E-state index >= 15 is 0 Å². The van der Waals surface area contributed by atoms with Crippen LogP contribution < -0.4 is 5.32 Å². The monoisotopic (exact) mass is 269 g/mol. The quantitative estimate of drug-likeness (QED) is 0.868. The maximum Gasteiger partial charge on any atom is 0.141 e. The summed E-state index contributed by atoms with van der Waals surface area (Å²) in [5.74, 6) is -0.374. The van der Waals surface area contributed by atoms with E-state index in [0.717, 1.165) is 12.1 Å². The third kappa shape index (κ3) is 3.28. The number of benzene rings is 1. The Morgan fingerprint density at radius 3 is 2.88 bits per heavy atom. The fraction of sp³-hybridized carbons (Fsp3) is 0.231. The van der Waals surface area contributed by atoms with Crippen molar-refractivity contribution in [2.75, 3.05) is 0 Å². The Morgan fingerprint density at radius 2 is 2.24 bits per heavy atom. The van der Waals surface area contributed by atoms with Crippen molar-refractivity contribution in [3.05, 3.63) is 57.0 Å². The van der Waals surface area contributed by atoms with E-state index in [1.165, 1.54) is 10.9 Å². The molecule has 0 aliphatic heterocycles. The highest BCUT2D eigenvalue weighted by molar-refractivity contribution is 7.09. The molecule has 1 N–H and O–H groups in total. The Bertz CT molecular complexity index is 484. The molecule has 90 valence electrons. The molecule has 0 saturated heterocycles. The zero-order chi connectivity index (χ0) is 12.3. The summed E-state index contributed by atoms with van der Waals surface area (Å²) in [4.78, 5) is 1.28. The third-order valence-electron chi connectivity index (χ3n) is 2.61. The van der Waals surface area contributed by atoms with Crippen LogP contribution >= 0.6 is 22.9 Å². The molecule has 0 fully saturated rings. The van der Waals surface area contributed by atoms with Crippen LogP contribution in [-0.4, -0.2) is 0 Å². The predicted molar refractivity (Wildman–Crippen MR) is 71.0 cm³/mol. The number of hydrogen-bond acceptors (Lipinski definition) is 2. The second-order valence-electron chi connectivity index (χ2n) is 3.86. The van der Waals surface area contributed by atoms with Crippen LogP contribution in [0.2, 0.25) is 5.02 Å². The van der Waals surface area contributed by atoms with Crippen LogP contribution in [0.5, 0.6) is 0 Å². The van der Waals surface area contributed by atoms with Crippen molar-refractivity contribution < 1.29 is 4.39 Å². The zero-order valence-corrected chi connectivity index (χ0v) is 11.0. The molecular weight excluding hydrogens is 257 g/mol. The van der Waals surface area contributed by atoms with Gasteiger partial charge in [0.1, 0.15) is 5.82 Å². The minimum Gasteiger partial charge on any atom is -0.305 e. The number of hydrogen-bond donors (Lipinski definition) is 1. The minimum absolute atomic E-state index is 0.148. The highest BCUT2D eigenvalue weighted by Gasteiger charge is 2.08. The van der Waals surface area contributed by atoms with Gasteiger partial charge in [0.25, 0.3) is 0 Å². The average Bonchev–Trinajstić information content (AvgIpc) is 2.82. The van der Waals surface area contributed by atoms with Crippen LogP contribution in [0, 0.1) is 5.82 Å². The summed E-state index contributed by atoms with van der Waals surface area (Å²) in [5, 5.41) is 5.60. The van der Waals surface area contributed by atoms with Crippen molar-refractivity contribution in [1.29, 1.82) is 0 Å². The summed E-state index contributed by atoms with van der Waals surface area (Å²) in [6, 6.07) is 9.09. The molecule has 0 bridgehead atoms. The molecule has 1 heterocycles. The Morgan fingerprint density at radius 1 is 1.41 bits per heavy atom. The average molecular weight is 270 g/mol. The van der Waals surface area contributed by atoms with Crippen LogP contribution in [0.15, 0.2) is 35.7 Å². The van der Waals surface area contributed by atoms with E-state index in [0.29, 0.717) is 0 Å². The van der Waals surface area contributed by atoms with Crippen molar-refractivity contribution >= 4 is 22.9 Å². The lowest BCUT2D eigenvalue weighted by Crippen LogP contribution is -2.17. The van der Waals surface area contributed by atoms with Crippen molar-refractivity contribution in [3.8, 4) is 0 Å². The van der Waals surface area contributed by atoms with E-state index in [1.54, 1.807) is 23.5 Å². The molecule has 17 heavy (non-hydrogen) atoms. The van der Waals surface area contributed by atoms with Gasteiger partial charge in [0, 0.05) is 17.5 Å². The summed E-state index contributed by atoms with van der Waals surface area (Å²) >= 11 is 7.47. The normalized spacial score (nSPS) is 12.6. The third-order valence-corrected chi connectivity index (χ3v) is 3.77. The molecule has 2 aromatic rings. The lowest BCUT2D eigenvalue weighted by molar-refractivity contribution is 0.575. The summed E-state index contributed by atoms with van der Waals surface area (Å²) in [7, 11) is 0. The molecule has 2 rings (SSSR count). The standard InChI is InChI=1S/C13H13ClFNS/c1-9(16-8-11-3-2-6-17-11)10-4-5-13(15)12(14)7-10/h2-7,9,16H,8H2,1H3. The van der Waals surface area contributed by atoms with Crippen LogP contribution in [0.25, 0.3) is 0 Å². The minimum atomic E-state index is -0.374. The number of nitrogens with one attached hydrogen (secondary N) is 1. The second-order valence-corrected chi connectivity index (χ2v) is 5.29. The topological polar surface area (TPSA) is 12.0 Å². The van der Waals surface area contributed by atoms with Gasteiger partial charge in [-0.25, -0.2) is 4.39 Å². The summed E-state index contributed by atoms with van der Waals surface area (Å²) in [6.45, 7) is 2.85. The molecule has 0 aliphatic carbocycles. The first-order valence-electron chi connectivity index (χ1n) is 5.37. The first-order chi connectivity index (χ1) is 8.16. The van der Waals surface area contributed by atoms with Crippen molar-refractivity contribution in [2.45, 2.75) is 19.5 Å². The fourth-order valence-electron chi connectivity index (χ4n) is 1.57. The first-order valence-corrected chi connectivity index (χ1v) is 6.63. The van der Waals surface area contributed by atoms with Crippen molar-refractivity contribution in [3.63, 3.8) is 0 Å². The summed E-state index contributed by atoms with van der Waals surface area (Å²) in [6.07, 6.45) is 0. The van der Waals surface area contributed by atoms with Crippen molar-refractivity contribution in [1.82, 2.24) is 5.32 Å². The van der Waals surface area contributed by atoms with Crippen LogP contribution in [0.1, 0.15) is 23.4 Å². The van der Waals surface area contributed by atoms with Gasteiger partial charge in [0.2, 0.25) is 0 Å². The maximum absolute atomic E-state index is 13.0. The highest BCUT2D eigenvalue weighted by atomic mass is 35.5. The smallest absolute Gasteiger partial charge is 0.141 e. The van der Waals surface area contributed by atoms with Gasteiger partial charge in [-0.3, -0.25) is 0 Å². The number of rotatable bonds is 4. The molecule has 0 saturated carbocycles. The molecule has 4 heteroatoms. The van der Waals surface area contributed by atoms with Gasteiger partial charge in [-0.15, -0.1) is 11.3 Å². The molecule has 0 aliphatic rings. The van der Waals surface area contributed by atoms with Gasteiger partial charge in [0.05, 0.1) is 5.02 Å². The molecule has 1 aromatic heterocycles. The van der Waals surface area contributed by atoms with E-state index in [-0.39, 0.29) is 16.9 Å². The number of halogens is 2. The lowest BCUT2D eigenvalue weighted by Gasteiger charge is -2.14. The van der Waals surface area contributed by atoms with Crippen LogP contribution in [-0.2, 0) is 6.54 Å². The highest BCUT2D eigenvalue weighted by Crippen LogP contribution is 2.21. The molecular formula is C13H13ClFNS. The molecule has 0 spiro atoms. The van der Waals surface area contributed by atoms with E-state index in [4.69, 9.17) is 11.6 Å². The van der Waals surface area contributed by atoms with Gasteiger partial charge in [-0.05, 0) is 36.1 Å². The largest absolute Gasteiger partial charge is 0.305 e. The molecule has 0 amide bonds. The fourth-order valence-corrected chi connectivity index (χ4v) is 2.41. The Kier molecular flexibility index (Phi) is 4.15. The van der Waals surface area contributed by atoms with Crippen LogP contribution in [0.4, 0.5) is 4.39 Å². The number of thiophene rings is 1. The second kappa shape index (κ2) is 5.63.